The Morgan fingerprint density at radius 3 is 0.741 bits per heavy atom. The van der Waals surface area contributed by atoms with Gasteiger partial charge in [-0.25, -0.2) is 0 Å². The highest BCUT2D eigenvalue weighted by Gasteiger charge is 2.09. The Bertz CT molecular complexity index is 1490. The molecule has 0 amide bonds. The van der Waals surface area contributed by atoms with Gasteiger partial charge in [0.15, 0.2) is 23.0 Å². The van der Waals surface area contributed by atoms with E-state index >= 15 is 0 Å². The minimum atomic E-state index is 0.374. The van der Waals surface area contributed by atoms with Crippen LogP contribution in [0.2, 0.25) is 0 Å². The van der Waals surface area contributed by atoms with Gasteiger partial charge in [-0.05, 0) is 46.5 Å². The third kappa shape index (κ3) is 17.0. The lowest BCUT2D eigenvalue weighted by molar-refractivity contribution is 0.0250. The van der Waals surface area contributed by atoms with E-state index in [4.69, 9.17) is 82.1 Å². The average Bonchev–Trinajstić information content (AvgIpc) is 3.24. The molecule has 58 heavy (non-hydrogen) atoms. The highest BCUT2D eigenvalue weighted by Crippen LogP contribution is 2.28. The molecule has 0 spiro atoms. The van der Waals surface area contributed by atoms with Gasteiger partial charge >= 0.3 is 0 Å². The minimum absolute atomic E-state index is 0.374. The molecule has 4 bridgehead atoms. The van der Waals surface area contributed by atoms with Crippen LogP contribution in [0, 0.1) is 0 Å². The van der Waals surface area contributed by atoms with E-state index in [1.54, 1.807) is 0 Å². The van der Waals surface area contributed by atoms with Crippen molar-refractivity contribution in [3.63, 3.8) is 0 Å². The predicted molar refractivity (Wildman–Crippen MR) is 224 cm³/mol. The van der Waals surface area contributed by atoms with Gasteiger partial charge in [0.2, 0.25) is 0 Å². The summed E-state index contributed by atoms with van der Waals surface area (Å²) in [4.78, 5) is 1.70. The standard InChI is InChI=1S/C44H56O12S2/c57-43-35-7-5-9-37(43)33-51-21-17-47-25-29-55-41-13-3-4-14-42(41)56-30-26-48-18-22-52-34-38-10-6-8-36(44(38)58)32-50-20-16-46-24-28-54-40-12-2-1-11-39(40)53-27-23-45-15-19-49-31-35/h1-14,57-58H,15-34H2. The summed E-state index contributed by atoms with van der Waals surface area (Å²) < 4.78 is 70.1. The molecule has 0 aliphatic carbocycles. The second kappa shape index (κ2) is 28.0. The van der Waals surface area contributed by atoms with E-state index < -0.39 is 0 Å². The molecule has 1 aliphatic rings. The molecule has 0 radical (unpaired) electrons. The summed E-state index contributed by atoms with van der Waals surface area (Å²) in [5.74, 6) is 2.59. The Morgan fingerprint density at radius 2 is 0.483 bits per heavy atom. The number of hydrogen-bond donors (Lipinski definition) is 2. The van der Waals surface area contributed by atoms with Gasteiger partial charge in [-0.1, -0.05) is 60.7 Å². The number of thiol groups is 2. The largest absolute Gasteiger partial charge is 0.487 e. The highest BCUT2D eigenvalue weighted by molar-refractivity contribution is 7.80. The molecule has 14 heteroatoms. The molecular formula is C44H56O12S2. The van der Waals surface area contributed by atoms with Gasteiger partial charge in [-0.15, -0.1) is 25.3 Å². The molecule has 0 unspecified atom stereocenters. The zero-order chi connectivity index (χ0) is 40.3. The lowest BCUT2D eigenvalue weighted by Gasteiger charge is -2.14. The Hall–Kier alpha value is -3.54. The summed E-state index contributed by atoms with van der Waals surface area (Å²) in [6.45, 7) is 8.29. The molecular weight excluding hydrogens is 785 g/mol. The van der Waals surface area contributed by atoms with Gasteiger partial charge in [0.25, 0.3) is 0 Å². The molecule has 0 saturated carbocycles. The van der Waals surface area contributed by atoms with Crippen molar-refractivity contribution in [2.45, 2.75) is 36.2 Å². The number of para-hydroxylation sites is 4. The fraction of sp³-hybridized carbons (Fsp3) is 0.455. The van der Waals surface area contributed by atoms with E-state index in [9.17, 15) is 0 Å². The molecule has 1 heterocycles. The average molecular weight is 841 g/mol. The van der Waals surface area contributed by atoms with E-state index in [1.807, 2.05) is 84.9 Å². The summed E-state index contributed by atoms with van der Waals surface area (Å²) in [6.07, 6.45) is 0. The monoisotopic (exact) mass is 840 g/mol. The fourth-order valence-electron chi connectivity index (χ4n) is 5.58. The first-order valence-electron chi connectivity index (χ1n) is 19.6. The van der Waals surface area contributed by atoms with E-state index in [2.05, 4.69) is 0 Å². The predicted octanol–water partition coefficient (Wildman–Crippen LogP) is 7.03. The molecule has 12 nitrogen and oxygen atoms in total. The van der Waals surface area contributed by atoms with Crippen molar-refractivity contribution in [2.75, 3.05) is 106 Å². The number of ether oxygens (including phenoxy) is 12. The molecule has 0 fully saturated rings. The zero-order valence-corrected chi connectivity index (χ0v) is 34.8. The van der Waals surface area contributed by atoms with Crippen molar-refractivity contribution in [3.8, 4) is 23.0 Å². The summed E-state index contributed by atoms with van der Waals surface area (Å²) in [5.41, 5.74) is 3.93. The smallest absolute Gasteiger partial charge is 0.161 e. The third-order valence-electron chi connectivity index (χ3n) is 8.56. The highest BCUT2D eigenvalue weighted by atomic mass is 32.1. The van der Waals surface area contributed by atoms with Crippen LogP contribution in [-0.4, -0.2) is 106 Å². The summed E-state index contributed by atoms with van der Waals surface area (Å²) >= 11 is 9.48. The van der Waals surface area contributed by atoms with E-state index in [0.717, 1.165) is 32.0 Å². The van der Waals surface area contributed by atoms with Crippen LogP contribution in [0.4, 0.5) is 0 Å². The van der Waals surface area contributed by atoms with Crippen LogP contribution in [0.15, 0.2) is 94.7 Å². The zero-order valence-electron chi connectivity index (χ0n) is 33.0. The molecule has 0 saturated heterocycles. The molecule has 4 aromatic carbocycles. The van der Waals surface area contributed by atoms with E-state index in [1.165, 1.54) is 0 Å². The van der Waals surface area contributed by atoms with Crippen molar-refractivity contribution in [2.24, 2.45) is 0 Å². The van der Waals surface area contributed by atoms with Crippen LogP contribution in [-0.2, 0) is 64.3 Å². The molecule has 0 atom stereocenters. The Balaban J connectivity index is 1.06. The van der Waals surface area contributed by atoms with Crippen LogP contribution in [0.5, 0.6) is 23.0 Å². The summed E-state index contributed by atoms with van der Waals surface area (Å²) in [7, 11) is 0. The second-order valence-corrected chi connectivity index (χ2v) is 13.7. The van der Waals surface area contributed by atoms with Crippen LogP contribution in [0.3, 0.4) is 0 Å². The number of fused-ring (bicyclic) bond motifs is 6. The maximum atomic E-state index is 5.93. The first-order chi connectivity index (χ1) is 28.7. The SMILES string of the molecule is Sc1c2cccc1COCCOCCOc1ccccc1OCCOCCOCc1cccc(c1S)COCCOCCOc1ccccc1OCCOCCOC2. The number of hydrogen-bond acceptors (Lipinski definition) is 14. The Morgan fingerprint density at radius 1 is 0.259 bits per heavy atom. The topological polar surface area (TPSA) is 111 Å². The van der Waals surface area contributed by atoms with Crippen molar-refractivity contribution in [1.29, 1.82) is 0 Å². The minimum Gasteiger partial charge on any atom is -0.487 e. The van der Waals surface area contributed by atoms with Gasteiger partial charge < -0.3 is 56.8 Å². The summed E-state index contributed by atoms with van der Waals surface area (Å²) in [6, 6.07) is 27.0. The lowest BCUT2D eigenvalue weighted by Crippen LogP contribution is -2.13. The quantitative estimate of drug-likeness (QED) is 0.178. The fourth-order valence-corrected chi connectivity index (χ4v) is 6.14. The van der Waals surface area contributed by atoms with Crippen LogP contribution in [0.25, 0.3) is 0 Å². The van der Waals surface area contributed by atoms with Gasteiger partial charge in [0.05, 0.1) is 106 Å². The lowest BCUT2D eigenvalue weighted by atomic mass is 10.1. The number of rotatable bonds is 0. The van der Waals surface area contributed by atoms with Gasteiger partial charge in [0, 0.05) is 9.79 Å². The van der Waals surface area contributed by atoms with Crippen LogP contribution in [0.1, 0.15) is 22.3 Å². The third-order valence-corrected chi connectivity index (χ3v) is 9.71. The van der Waals surface area contributed by atoms with Crippen molar-refractivity contribution in [1.82, 2.24) is 0 Å². The number of benzene rings is 4. The maximum absolute atomic E-state index is 5.93. The molecule has 4 aromatic rings. The van der Waals surface area contributed by atoms with Gasteiger partial charge in [-0.2, -0.15) is 0 Å². The molecule has 0 N–H and O–H groups in total. The first kappa shape index (κ1) is 45.5. The van der Waals surface area contributed by atoms with E-state index in [-0.39, 0.29) is 0 Å². The molecule has 5 rings (SSSR count). The normalized spacial score (nSPS) is 17.8. The van der Waals surface area contributed by atoms with Crippen LogP contribution >= 0.6 is 25.3 Å². The Kier molecular flexibility index (Phi) is 22.0. The summed E-state index contributed by atoms with van der Waals surface area (Å²) in [5, 5.41) is 0. The molecule has 316 valence electrons. The van der Waals surface area contributed by atoms with Crippen molar-refractivity contribution in [3.05, 3.63) is 107 Å². The first-order valence-corrected chi connectivity index (χ1v) is 20.5. The Labute approximate surface area is 353 Å². The van der Waals surface area contributed by atoms with Crippen LogP contribution < -0.4 is 18.9 Å². The van der Waals surface area contributed by atoms with Crippen molar-refractivity contribution < 1.29 is 56.8 Å². The van der Waals surface area contributed by atoms with E-state index in [0.29, 0.717) is 155 Å². The van der Waals surface area contributed by atoms with Gasteiger partial charge in [-0.3, -0.25) is 0 Å². The van der Waals surface area contributed by atoms with Gasteiger partial charge in [0.1, 0.15) is 26.4 Å². The maximum Gasteiger partial charge on any atom is 0.161 e. The van der Waals surface area contributed by atoms with Crippen molar-refractivity contribution >= 4 is 25.3 Å². The molecule has 0 aromatic heterocycles. The molecule has 1 aliphatic heterocycles. The second-order valence-electron chi connectivity index (χ2n) is 12.8.